The number of nitrogens with one attached hydrogen (secondary N) is 1. The SMILES string of the molecule is O=C(Nc1ccc2c(c1)OCCCO2)[C@H]1[C@H]2CC[C@@H](C2)N1S(=O)(=O)c1ccc2c(c1)OCCO2. The molecule has 10 heteroatoms. The predicted molar refractivity (Wildman–Crippen MR) is 122 cm³/mol. The van der Waals surface area contributed by atoms with Crippen LogP contribution in [0.4, 0.5) is 5.69 Å². The van der Waals surface area contributed by atoms with Crippen molar-refractivity contribution in [3.05, 3.63) is 36.4 Å². The van der Waals surface area contributed by atoms with Gasteiger partial charge in [0.25, 0.3) is 0 Å². The van der Waals surface area contributed by atoms with Crippen molar-refractivity contribution in [2.24, 2.45) is 5.92 Å². The lowest BCUT2D eigenvalue weighted by atomic mass is 9.99. The van der Waals surface area contributed by atoms with Crippen LogP contribution in [-0.2, 0) is 14.8 Å². The van der Waals surface area contributed by atoms with Gasteiger partial charge in [-0.3, -0.25) is 4.79 Å². The number of hydrogen-bond acceptors (Lipinski definition) is 7. The van der Waals surface area contributed by atoms with Gasteiger partial charge in [0.1, 0.15) is 19.3 Å². The summed E-state index contributed by atoms with van der Waals surface area (Å²) in [4.78, 5) is 13.5. The molecule has 3 heterocycles. The smallest absolute Gasteiger partial charge is 0.244 e. The molecule has 1 aliphatic carbocycles. The van der Waals surface area contributed by atoms with E-state index in [1.165, 1.54) is 16.4 Å². The molecule has 1 saturated carbocycles. The largest absolute Gasteiger partial charge is 0.490 e. The first-order valence-corrected chi connectivity index (χ1v) is 13.1. The van der Waals surface area contributed by atoms with Crippen molar-refractivity contribution in [3.63, 3.8) is 0 Å². The second-order valence-electron chi connectivity index (χ2n) is 9.01. The van der Waals surface area contributed by atoms with Crippen molar-refractivity contribution in [2.45, 2.75) is 42.7 Å². The van der Waals surface area contributed by atoms with Crippen LogP contribution in [0.1, 0.15) is 25.7 Å². The molecular formula is C24H26N2O7S. The minimum atomic E-state index is -3.92. The Hall–Kier alpha value is -2.98. The highest BCUT2D eigenvalue weighted by atomic mass is 32.2. The molecule has 0 radical (unpaired) electrons. The summed E-state index contributed by atoms with van der Waals surface area (Å²) < 4.78 is 51.3. The van der Waals surface area contributed by atoms with Gasteiger partial charge in [0.2, 0.25) is 15.9 Å². The fourth-order valence-corrected chi connectivity index (χ4v) is 7.27. The molecule has 0 aromatic heterocycles. The van der Waals surface area contributed by atoms with Gasteiger partial charge in [0, 0.05) is 30.3 Å². The molecule has 1 N–H and O–H groups in total. The number of ether oxygens (including phenoxy) is 4. The summed E-state index contributed by atoms with van der Waals surface area (Å²) in [6.45, 7) is 1.91. The van der Waals surface area contributed by atoms with Crippen molar-refractivity contribution in [2.75, 3.05) is 31.7 Å². The monoisotopic (exact) mass is 486 g/mol. The Bertz CT molecular complexity index is 1230. The third-order valence-corrected chi connectivity index (χ3v) is 8.83. The second kappa shape index (κ2) is 8.35. The summed E-state index contributed by atoms with van der Waals surface area (Å²) in [5.41, 5.74) is 0.550. The quantitative estimate of drug-likeness (QED) is 0.709. The van der Waals surface area contributed by atoms with Gasteiger partial charge in [-0.1, -0.05) is 0 Å². The molecule has 180 valence electrons. The fraction of sp³-hybridized carbons (Fsp3) is 0.458. The van der Waals surface area contributed by atoms with Crippen molar-refractivity contribution in [1.29, 1.82) is 0 Å². The van der Waals surface area contributed by atoms with E-state index < -0.39 is 16.1 Å². The van der Waals surface area contributed by atoms with Crippen LogP contribution >= 0.6 is 0 Å². The highest BCUT2D eigenvalue weighted by molar-refractivity contribution is 7.89. The van der Waals surface area contributed by atoms with Crippen LogP contribution in [-0.4, -0.2) is 57.1 Å². The van der Waals surface area contributed by atoms with Gasteiger partial charge in [-0.15, -0.1) is 0 Å². The number of rotatable bonds is 4. The molecule has 0 unspecified atom stereocenters. The first kappa shape index (κ1) is 21.5. The Morgan fingerprint density at radius 2 is 1.53 bits per heavy atom. The second-order valence-corrected chi connectivity index (χ2v) is 10.9. The summed E-state index contributed by atoms with van der Waals surface area (Å²) in [5, 5.41) is 2.92. The lowest BCUT2D eigenvalue weighted by molar-refractivity contribution is -0.120. The molecule has 2 aromatic carbocycles. The Balaban J connectivity index is 1.28. The molecule has 2 bridgehead atoms. The van der Waals surface area contributed by atoms with Crippen molar-refractivity contribution >= 4 is 21.6 Å². The molecule has 9 nitrogen and oxygen atoms in total. The number of benzene rings is 2. The van der Waals surface area contributed by atoms with Crippen molar-refractivity contribution < 1.29 is 32.2 Å². The van der Waals surface area contributed by atoms with E-state index in [1.807, 2.05) is 0 Å². The molecule has 1 amide bonds. The van der Waals surface area contributed by atoms with Gasteiger partial charge >= 0.3 is 0 Å². The van der Waals surface area contributed by atoms with E-state index in [4.69, 9.17) is 18.9 Å². The van der Waals surface area contributed by atoms with Crippen LogP contribution in [0.5, 0.6) is 23.0 Å². The van der Waals surface area contributed by atoms with Crippen LogP contribution in [0.2, 0.25) is 0 Å². The first-order valence-electron chi connectivity index (χ1n) is 11.6. The topological polar surface area (TPSA) is 103 Å². The average molecular weight is 487 g/mol. The first-order chi connectivity index (χ1) is 16.5. The Labute approximate surface area is 198 Å². The number of piperidine rings is 1. The van der Waals surface area contributed by atoms with E-state index in [9.17, 15) is 13.2 Å². The van der Waals surface area contributed by atoms with Crippen LogP contribution < -0.4 is 24.3 Å². The van der Waals surface area contributed by atoms with E-state index >= 15 is 0 Å². The van der Waals surface area contributed by atoms with Gasteiger partial charge in [-0.2, -0.15) is 4.31 Å². The molecule has 2 aromatic rings. The van der Waals surface area contributed by atoms with E-state index in [1.54, 1.807) is 24.3 Å². The Kier molecular flexibility index (Phi) is 5.29. The summed E-state index contributed by atoms with van der Waals surface area (Å²) in [6.07, 6.45) is 3.05. The molecule has 3 aliphatic heterocycles. The van der Waals surface area contributed by atoms with E-state index in [0.29, 0.717) is 61.5 Å². The lowest BCUT2D eigenvalue weighted by Crippen LogP contribution is -2.50. The number of hydrogen-bond donors (Lipinski definition) is 1. The number of amides is 1. The highest BCUT2D eigenvalue weighted by Crippen LogP contribution is 2.46. The van der Waals surface area contributed by atoms with Gasteiger partial charge < -0.3 is 24.3 Å². The Morgan fingerprint density at radius 1 is 0.853 bits per heavy atom. The molecule has 4 aliphatic rings. The number of anilines is 1. The van der Waals surface area contributed by atoms with Crippen LogP contribution in [0.3, 0.4) is 0 Å². The van der Waals surface area contributed by atoms with Crippen LogP contribution in [0.15, 0.2) is 41.3 Å². The maximum absolute atomic E-state index is 13.7. The summed E-state index contributed by atoms with van der Waals surface area (Å²) in [6, 6.07) is 8.91. The molecule has 6 rings (SSSR count). The number of carbonyl (C=O) groups is 1. The lowest BCUT2D eigenvalue weighted by Gasteiger charge is -2.33. The van der Waals surface area contributed by atoms with Gasteiger partial charge in [0.15, 0.2) is 23.0 Å². The molecular weight excluding hydrogens is 460 g/mol. The van der Waals surface area contributed by atoms with E-state index in [-0.39, 0.29) is 22.8 Å². The van der Waals surface area contributed by atoms with Gasteiger partial charge in [-0.05, 0) is 49.4 Å². The summed E-state index contributed by atoms with van der Waals surface area (Å²) >= 11 is 0. The zero-order valence-corrected chi connectivity index (χ0v) is 19.4. The number of nitrogens with zero attached hydrogens (tertiary/aromatic N) is 1. The maximum Gasteiger partial charge on any atom is 0.244 e. The zero-order valence-electron chi connectivity index (χ0n) is 18.6. The predicted octanol–water partition coefficient (Wildman–Crippen LogP) is 2.80. The summed E-state index contributed by atoms with van der Waals surface area (Å²) in [5.74, 6) is 1.80. The molecule has 34 heavy (non-hydrogen) atoms. The third-order valence-electron chi connectivity index (χ3n) is 6.90. The molecule has 3 atom stereocenters. The van der Waals surface area contributed by atoms with Crippen LogP contribution in [0.25, 0.3) is 0 Å². The van der Waals surface area contributed by atoms with E-state index in [0.717, 1.165) is 19.3 Å². The fourth-order valence-electron chi connectivity index (χ4n) is 5.38. The minimum absolute atomic E-state index is 0.0163. The number of fused-ring (bicyclic) bond motifs is 4. The summed E-state index contributed by atoms with van der Waals surface area (Å²) in [7, 11) is -3.92. The molecule has 1 saturated heterocycles. The van der Waals surface area contributed by atoms with Gasteiger partial charge in [-0.25, -0.2) is 8.42 Å². The third kappa shape index (κ3) is 3.65. The van der Waals surface area contributed by atoms with Crippen LogP contribution in [0, 0.1) is 5.92 Å². The van der Waals surface area contributed by atoms with Gasteiger partial charge in [0.05, 0.1) is 18.1 Å². The van der Waals surface area contributed by atoms with Crippen molar-refractivity contribution in [1.82, 2.24) is 4.31 Å². The van der Waals surface area contributed by atoms with Crippen molar-refractivity contribution in [3.8, 4) is 23.0 Å². The zero-order chi connectivity index (χ0) is 23.3. The standard InChI is InChI=1S/C24H26N2O7S/c27-24(25-16-3-6-19-21(13-16)31-9-1-8-30-19)23-15-2-4-17(12-15)26(23)34(28,29)18-5-7-20-22(14-18)33-11-10-32-20/h3,5-7,13-15,17,23H,1-2,4,8-12H2,(H,25,27)/t15-,17-,23+/m0/s1. The maximum atomic E-state index is 13.7. The average Bonchev–Trinajstić information content (AvgIpc) is 3.39. The normalized spacial score (nSPS) is 25.6. The molecule has 2 fully saturated rings. The van der Waals surface area contributed by atoms with E-state index in [2.05, 4.69) is 5.32 Å². The number of sulfonamides is 1. The molecule has 0 spiro atoms. The Morgan fingerprint density at radius 3 is 2.35 bits per heavy atom. The number of carbonyl (C=O) groups excluding carboxylic acids is 1. The highest BCUT2D eigenvalue weighted by Gasteiger charge is 2.54. The minimum Gasteiger partial charge on any atom is -0.490 e.